The van der Waals surface area contributed by atoms with Crippen LogP contribution in [-0.2, 0) is 24.6 Å². The van der Waals surface area contributed by atoms with Crippen molar-refractivity contribution in [3.63, 3.8) is 0 Å². The van der Waals surface area contributed by atoms with E-state index in [-0.39, 0.29) is 40.2 Å². The first kappa shape index (κ1) is 35.3. The van der Waals surface area contributed by atoms with E-state index in [4.69, 9.17) is 16.3 Å². The summed E-state index contributed by atoms with van der Waals surface area (Å²) in [5.74, 6) is -5.64. The van der Waals surface area contributed by atoms with Gasteiger partial charge in [-0.25, -0.2) is 4.39 Å². The first-order chi connectivity index (χ1) is 25.0. The van der Waals surface area contributed by atoms with Crippen LogP contribution < -0.4 is 10.2 Å². The fourth-order valence-electron chi connectivity index (χ4n) is 9.70. The van der Waals surface area contributed by atoms with Crippen LogP contribution in [0.3, 0.4) is 0 Å². The average Bonchev–Trinajstić information content (AvgIpc) is 3.53. The van der Waals surface area contributed by atoms with E-state index in [2.05, 4.69) is 37.3 Å². The molecule has 0 bridgehead atoms. The van der Waals surface area contributed by atoms with Gasteiger partial charge >= 0.3 is 0 Å². The molecule has 8 rings (SSSR count). The molecule has 0 aromatic heterocycles. The average molecular weight is 856 g/mol. The fourth-order valence-corrected chi connectivity index (χ4v) is 10.8. The van der Waals surface area contributed by atoms with Crippen LogP contribution in [0.1, 0.15) is 62.0 Å². The number of nitrogens with zero attached hydrogens (tertiary/aromatic N) is 2. The number of amides is 4. The van der Waals surface area contributed by atoms with E-state index >= 15 is 4.79 Å². The van der Waals surface area contributed by atoms with Gasteiger partial charge in [0.05, 0.1) is 40.4 Å². The van der Waals surface area contributed by atoms with Gasteiger partial charge in [0.25, 0.3) is 11.8 Å². The first-order valence-electron chi connectivity index (χ1n) is 17.5. The normalized spacial score (nSPS) is 28.8. The second kappa shape index (κ2) is 13.3. The summed E-state index contributed by atoms with van der Waals surface area (Å²) < 4.78 is 20.2. The summed E-state index contributed by atoms with van der Waals surface area (Å²) in [5.41, 5.74) is 3.55. The Morgan fingerprint density at radius 1 is 0.923 bits per heavy atom. The van der Waals surface area contributed by atoms with E-state index in [1.165, 1.54) is 36.3 Å². The van der Waals surface area contributed by atoms with Crippen molar-refractivity contribution in [2.75, 3.05) is 12.5 Å². The molecule has 4 fully saturated rings. The van der Waals surface area contributed by atoms with E-state index in [0.717, 1.165) is 42.7 Å². The van der Waals surface area contributed by atoms with E-state index in [9.17, 15) is 23.9 Å². The Labute approximate surface area is 321 Å². The van der Waals surface area contributed by atoms with Gasteiger partial charge in [0.2, 0.25) is 11.8 Å². The number of hydrogen-bond acceptors (Lipinski definition) is 7. The summed E-state index contributed by atoms with van der Waals surface area (Å²) >= 11 is 13.6. The van der Waals surface area contributed by atoms with Crippen LogP contribution in [0.4, 0.5) is 10.1 Å². The highest BCUT2D eigenvalue weighted by Crippen LogP contribution is 2.65. The van der Waals surface area contributed by atoms with Crippen LogP contribution in [0.5, 0.6) is 11.5 Å². The highest BCUT2D eigenvalue weighted by molar-refractivity contribution is 9.13. The van der Waals surface area contributed by atoms with E-state index in [0.29, 0.717) is 32.7 Å². The van der Waals surface area contributed by atoms with Crippen LogP contribution in [0.2, 0.25) is 5.02 Å². The van der Waals surface area contributed by atoms with Crippen LogP contribution in [-0.4, -0.2) is 51.8 Å². The molecule has 52 heavy (non-hydrogen) atoms. The van der Waals surface area contributed by atoms with Gasteiger partial charge in [-0.15, -0.1) is 0 Å². The number of fused-ring (bicyclic) bond motifs is 4. The van der Waals surface area contributed by atoms with Gasteiger partial charge in [-0.3, -0.25) is 29.5 Å². The maximum Gasteiger partial charge on any atom is 0.260 e. The van der Waals surface area contributed by atoms with Gasteiger partial charge in [-0.1, -0.05) is 54.6 Å². The zero-order valence-corrected chi connectivity index (χ0v) is 32.0. The van der Waals surface area contributed by atoms with Crippen molar-refractivity contribution in [1.29, 1.82) is 0 Å². The number of nitrogens with one attached hydrogen (secondary N) is 1. The van der Waals surface area contributed by atoms with Gasteiger partial charge < -0.3 is 9.84 Å². The number of aromatic hydroxyl groups is 1. The monoisotopic (exact) mass is 853 g/mol. The van der Waals surface area contributed by atoms with Gasteiger partial charge in [-0.05, 0) is 117 Å². The number of allylic oxidation sites excluding steroid dienone is 2. The SMILES string of the molecule is COc1cc(C2C3=CCC4C(=O)N(C5CCCCC5)C(=O)C4C3CC3C(=O)N(Nc4ccc(F)cc4)C(=O)C32c2ccc(Cl)cc2)c(Br)c(Br)c1O. The molecule has 3 aliphatic carbocycles. The summed E-state index contributed by atoms with van der Waals surface area (Å²) in [6.45, 7) is 0. The lowest BCUT2D eigenvalue weighted by Gasteiger charge is -2.51. The Balaban J connectivity index is 1.35. The maximum absolute atomic E-state index is 15.4. The van der Waals surface area contributed by atoms with Crippen LogP contribution in [0, 0.1) is 29.5 Å². The second-order valence-electron chi connectivity index (χ2n) is 14.4. The number of hydrogen-bond donors (Lipinski definition) is 2. The summed E-state index contributed by atoms with van der Waals surface area (Å²) in [7, 11) is 1.42. The molecule has 2 saturated heterocycles. The van der Waals surface area contributed by atoms with Gasteiger partial charge in [0, 0.05) is 21.5 Å². The zero-order chi connectivity index (χ0) is 36.6. The van der Waals surface area contributed by atoms with E-state index in [1.807, 2.05) is 6.08 Å². The topological polar surface area (TPSA) is 116 Å². The van der Waals surface area contributed by atoms with Crippen LogP contribution in [0.15, 0.2) is 75.2 Å². The van der Waals surface area contributed by atoms with Crippen molar-refractivity contribution in [2.45, 2.75) is 62.3 Å². The molecule has 13 heteroatoms. The number of halogens is 4. The number of phenolic OH excluding ortho intramolecular Hbond substituents is 1. The molecule has 2 N–H and O–H groups in total. The van der Waals surface area contributed by atoms with Gasteiger partial charge in [0.1, 0.15) is 5.82 Å². The molecular formula is C39H35Br2ClFN3O6. The van der Waals surface area contributed by atoms with Gasteiger partial charge in [-0.2, -0.15) is 5.01 Å². The Kier molecular flexibility index (Phi) is 9.02. The zero-order valence-electron chi connectivity index (χ0n) is 28.1. The van der Waals surface area contributed by atoms with Crippen molar-refractivity contribution in [3.8, 4) is 11.5 Å². The quantitative estimate of drug-likeness (QED) is 0.191. The van der Waals surface area contributed by atoms with E-state index < -0.39 is 52.6 Å². The highest BCUT2D eigenvalue weighted by Gasteiger charge is 2.70. The van der Waals surface area contributed by atoms with Crippen molar-refractivity contribution in [1.82, 2.24) is 9.91 Å². The standard InChI is InChI=1S/C39H35Br2ClFN3O6/c1-52-29-18-27(32(40)33(41)34(29)47)31-24-15-16-25-30(37(50)45(35(25)48)23-5-3-2-4-6-23)26(24)17-28-36(49)46(44-22-13-11-21(43)12-14-22)38(51)39(28,31)19-7-9-20(42)10-8-19/h7-15,18,23,25-26,28,30-31,44,47H,2-6,16-17H2,1H3. The largest absolute Gasteiger partial charge is 0.503 e. The molecule has 270 valence electrons. The molecule has 2 saturated carbocycles. The number of hydrazine groups is 1. The molecule has 9 nitrogen and oxygen atoms in total. The Morgan fingerprint density at radius 3 is 2.29 bits per heavy atom. The third-order valence-electron chi connectivity index (χ3n) is 11.9. The van der Waals surface area contributed by atoms with Gasteiger partial charge in [0.15, 0.2) is 11.5 Å². The molecule has 3 aromatic rings. The lowest BCUT2D eigenvalue weighted by molar-refractivity contribution is -0.144. The fraction of sp³-hybridized carbons (Fsp3) is 0.385. The summed E-state index contributed by atoms with van der Waals surface area (Å²) in [4.78, 5) is 60.4. The Hall–Kier alpha value is -3.74. The molecule has 6 unspecified atom stereocenters. The molecule has 0 radical (unpaired) electrons. The molecule has 3 aromatic carbocycles. The number of anilines is 1. The minimum absolute atomic E-state index is 0.129. The predicted molar refractivity (Wildman–Crippen MR) is 198 cm³/mol. The minimum atomic E-state index is -1.58. The molecule has 2 heterocycles. The van der Waals surface area contributed by atoms with Crippen molar-refractivity contribution in [3.05, 3.63) is 97.2 Å². The summed E-state index contributed by atoms with van der Waals surface area (Å²) in [5, 5.41) is 12.5. The molecule has 2 aliphatic heterocycles. The number of phenols is 1. The number of likely N-dealkylation sites (tertiary alicyclic amines) is 1. The Morgan fingerprint density at radius 2 is 1.62 bits per heavy atom. The highest BCUT2D eigenvalue weighted by atomic mass is 79.9. The minimum Gasteiger partial charge on any atom is -0.503 e. The number of benzene rings is 3. The molecule has 4 amide bonds. The van der Waals surface area contributed by atoms with Crippen LogP contribution in [0.25, 0.3) is 0 Å². The number of rotatable bonds is 6. The summed E-state index contributed by atoms with van der Waals surface area (Å²) in [6.07, 6.45) is 6.96. The summed E-state index contributed by atoms with van der Waals surface area (Å²) in [6, 6.07) is 13.7. The number of imide groups is 2. The van der Waals surface area contributed by atoms with E-state index in [1.54, 1.807) is 30.3 Å². The first-order valence-corrected chi connectivity index (χ1v) is 19.4. The molecule has 6 atom stereocenters. The molecular weight excluding hydrogens is 821 g/mol. The third-order valence-corrected chi connectivity index (χ3v) is 14.3. The smallest absolute Gasteiger partial charge is 0.260 e. The number of carbonyl (C=O) groups excluding carboxylic acids is 4. The molecule has 5 aliphatic rings. The third kappa shape index (κ3) is 5.18. The maximum atomic E-state index is 15.4. The lowest BCUT2D eigenvalue weighted by Crippen LogP contribution is -2.53. The number of carbonyl (C=O) groups is 4. The lowest BCUT2D eigenvalue weighted by atomic mass is 9.49. The second-order valence-corrected chi connectivity index (χ2v) is 16.4. The number of ether oxygens (including phenoxy) is 1. The molecule has 0 spiro atoms. The number of methoxy groups -OCH3 is 1. The van der Waals surface area contributed by atoms with Crippen molar-refractivity contribution >= 4 is 72.8 Å². The predicted octanol–water partition coefficient (Wildman–Crippen LogP) is 8.04. The van der Waals surface area contributed by atoms with Crippen molar-refractivity contribution in [2.24, 2.45) is 23.7 Å². The van der Waals surface area contributed by atoms with Crippen molar-refractivity contribution < 1.29 is 33.4 Å². The van der Waals surface area contributed by atoms with Crippen LogP contribution >= 0.6 is 43.5 Å². The Bertz CT molecular complexity index is 2040.